The van der Waals surface area contributed by atoms with E-state index >= 15 is 0 Å². The van der Waals surface area contributed by atoms with Crippen molar-refractivity contribution < 1.29 is 4.79 Å². The van der Waals surface area contributed by atoms with Gasteiger partial charge in [-0.05, 0) is 56.7 Å². The Hall–Kier alpha value is -2.07. The molecule has 1 aromatic carbocycles. The lowest BCUT2D eigenvalue weighted by Gasteiger charge is -2.04. The zero-order valence-electron chi connectivity index (χ0n) is 12.4. The molecule has 0 saturated carbocycles. The Kier molecular flexibility index (Phi) is 3.55. The van der Waals surface area contributed by atoms with Crippen LogP contribution in [0.4, 0.5) is 0 Å². The lowest BCUT2D eigenvalue weighted by Crippen LogP contribution is -2.22. The monoisotopic (exact) mass is 298 g/mol. The largest absolute Gasteiger partial charge is 0.358 e. The molecule has 108 valence electrons. The molecule has 2 aromatic heterocycles. The maximum atomic E-state index is 12.3. The van der Waals surface area contributed by atoms with E-state index in [9.17, 15) is 4.79 Å². The van der Waals surface area contributed by atoms with Crippen LogP contribution >= 0.6 is 11.3 Å². The summed E-state index contributed by atoms with van der Waals surface area (Å²) < 4.78 is 0. The van der Waals surface area contributed by atoms with Crippen LogP contribution in [0.2, 0.25) is 0 Å². The van der Waals surface area contributed by atoms with Gasteiger partial charge in [0, 0.05) is 31.9 Å². The van der Waals surface area contributed by atoms with Crippen LogP contribution in [0.5, 0.6) is 0 Å². The number of hydrogen-bond donors (Lipinski definition) is 2. The van der Waals surface area contributed by atoms with Crippen LogP contribution in [-0.4, -0.2) is 10.9 Å². The van der Waals surface area contributed by atoms with Gasteiger partial charge in [-0.3, -0.25) is 4.79 Å². The third kappa shape index (κ3) is 2.72. The number of amides is 1. The number of aromatic amines is 1. The van der Waals surface area contributed by atoms with Crippen LogP contribution in [0.3, 0.4) is 0 Å². The lowest BCUT2D eigenvalue weighted by atomic mass is 10.1. The molecule has 0 aliphatic carbocycles. The second-order valence-corrected chi connectivity index (χ2v) is 6.70. The minimum Gasteiger partial charge on any atom is -0.358 e. The maximum Gasteiger partial charge on any atom is 0.251 e. The Labute approximate surface area is 128 Å². The molecule has 21 heavy (non-hydrogen) atoms. The van der Waals surface area contributed by atoms with Gasteiger partial charge in [0.05, 0.1) is 6.54 Å². The summed E-state index contributed by atoms with van der Waals surface area (Å²) in [6.45, 7) is 6.78. The summed E-state index contributed by atoms with van der Waals surface area (Å²) in [4.78, 5) is 18.0. The van der Waals surface area contributed by atoms with Gasteiger partial charge >= 0.3 is 0 Å². The fraction of sp³-hybridized carbons (Fsp3) is 0.235. The summed E-state index contributed by atoms with van der Waals surface area (Å²) in [6, 6.07) is 9.93. The van der Waals surface area contributed by atoms with E-state index in [1.807, 2.05) is 25.1 Å². The first-order valence-electron chi connectivity index (χ1n) is 6.97. The molecule has 0 spiro atoms. The summed E-state index contributed by atoms with van der Waals surface area (Å²) in [5.74, 6) is -0.0267. The molecule has 0 bridgehead atoms. The minimum atomic E-state index is -0.0267. The second-order valence-electron chi connectivity index (χ2n) is 5.33. The molecule has 4 heteroatoms. The minimum absolute atomic E-state index is 0.0267. The predicted octanol–water partition coefficient (Wildman–Crippen LogP) is 4.08. The first-order chi connectivity index (χ1) is 10.0. The molecular formula is C17H18N2OS. The third-order valence-corrected chi connectivity index (χ3v) is 4.79. The molecule has 0 aliphatic rings. The van der Waals surface area contributed by atoms with Gasteiger partial charge in [0.1, 0.15) is 0 Å². The number of H-pyrrole nitrogens is 1. The van der Waals surface area contributed by atoms with Crippen LogP contribution in [0.25, 0.3) is 10.9 Å². The fourth-order valence-electron chi connectivity index (χ4n) is 2.45. The van der Waals surface area contributed by atoms with E-state index in [1.165, 1.54) is 15.3 Å². The van der Waals surface area contributed by atoms with Crippen LogP contribution in [0.1, 0.15) is 31.4 Å². The number of aryl methyl sites for hydroxylation is 3. The molecule has 3 nitrogen and oxygen atoms in total. The molecule has 0 atom stereocenters. The van der Waals surface area contributed by atoms with Crippen molar-refractivity contribution >= 4 is 28.1 Å². The molecule has 2 N–H and O–H groups in total. The summed E-state index contributed by atoms with van der Waals surface area (Å²) >= 11 is 1.71. The van der Waals surface area contributed by atoms with Gasteiger partial charge in [0.25, 0.3) is 5.91 Å². The average Bonchev–Trinajstić information content (AvgIpc) is 3.01. The van der Waals surface area contributed by atoms with E-state index in [0.29, 0.717) is 12.1 Å². The number of aromatic nitrogens is 1. The molecule has 0 aliphatic heterocycles. The van der Waals surface area contributed by atoms with Crippen LogP contribution < -0.4 is 5.32 Å². The highest BCUT2D eigenvalue weighted by molar-refractivity contribution is 7.11. The summed E-state index contributed by atoms with van der Waals surface area (Å²) in [5, 5.41) is 4.10. The fourth-order valence-corrected chi connectivity index (χ4v) is 3.28. The van der Waals surface area contributed by atoms with Crippen LogP contribution in [0.15, 0.2) is 30.3 Å². The lowest BCUT2D eigenvalue weighted by molar-refractivity contribution is 0.0951. The van der Waals surface area contributed by atoms with Crippen molar-refractivity contribution in [2.75, 3.05) is 0 Å². The Balaban J connectivity index is 1.79. The molecular weight excluding hydrogens is 280 g/mol. The number of fused-ring (bicyclic) bond motifs is 1. The summed E-state index contributed by atoms with van der Waals surface area (Å²) in [6.07, 6.45) is 0. The number of carbonyl (C=O) groups excluding carboxylic acids is 1. The van der Waals surface area contributed by atoms with Gasteiger partial charge in [-0.25, -0.2) is 0 Å². The van der Waals surface area contributed by atoms with E-state index in [-0.39, 0.29) is 5.91 Å². The van der Waals surface area contributed by atoms with Gasteiger partial charge in [-0.15, -0.1) is 11.3 Å². The van der Waals surface area contributed by atoms with Crippen molar-refractivity contribution in [3.05, 3.63) is 56.9 Å². The first kappa shape index (κ1) is 13.9. The van der Waals surface area contributed by atoms with Crippen LogP contribution in [0, 0.1) is 20.8 Å². The van der Waals surface area contributed by atoms with Gasteiger partial charge < -0.3 is 10.3 Å². The predicted molar refractivity (Wildman–Crippen MR) is 88.0 cm³/mol. The number of benzene rings is 1. The molecule has 0 saturated heterocycles. The zero-order chi connectivity index (χ0) is 15.0. The SMILES string of the molecule is Cc1ccc(CNC(=O)c2ccc3[nH]c(C)c(C)c3c2)s1. The van der Waals surface area contributed by atoms with Crippen molar-refractivity contribution in [3.8, 4) is 0 Å². The normalized spacial score (nSPS) is 11.0. The van der Waals surface area contributed by atoms with Gasteiger partial charge in [-0.1, -0.05) is 0 Å². The topological polar surface area (TPSA) is 44.9 Å². The summed E-state index contributed by atoms with van der Waals surface area (Å²) in [5.41, 5.74) is 4.14. The van der Waals surface area contributed by atoms with E-state index in [4.69, 9.17) is 0 Å². The quantitative estimate of drug-likeness (QED) is 0.751. The standard InChI is InChI=1S/C17H18N2OS/c1-10-4-6-14(21-10)9-18-17(20)13-5-7-16-15(8-13)11(2)12(3)19-16/h4-8,19H,9H2,1-3H3,(H,18,20). The van der Waals surface area contributed by atoms with Crippen molar-refractivity contribution in [2.45, 2.75) is 27.3 Å². The molecule has 0 radical (unpaired) electrons. The third-order valence-electron chi connectivity index (χ3n) is 3.79. The highest BCUT2D eigenvalue weighted by Crippen LogP contribution is 2.22. The number of hydrogen-bond acceptors (Lipinski definition) is 2. The van der Waals surface area contributed by atoms with Gasteiger partial charge in [0.15, 0.2) is 0 Å². The number of nitrogens with one attached hydrogen (secondary N) is 2. The molecule has 0 fully saturated rings. The molecule has 1 amide bonds. The molecule has 2 heterocycles. The number of rotatable bonds is 3. The Morgan fingerprint density at radius 2 is 2.00 bits per heavy atom. The van der Waals surface area contributed by atoms with Crippen molar-refractivity contribution in [2.24, 2.45) is 0 Å². The van der Waals surface area contributed by atoms with Crippen molar-refractivity contribution in [1.29, 1.82) is 0 Å². The molecule has 3 aromatic rings. The van der Waals surface area contributed by atoms with E-state index in [0.717, 1.165) is 16.6 Å². The second kappa shape index (κ2) is 5.37. The van der Waals surface area contributed by atoms with Gasteiger partial charge in [0.2, 0.25) is 0 Å². The Bertz CT molecular complexity index is 813. The highest BCUT2D eigenvalue weighted by Gasteiger charge is 2.10. The van der Waals surface area contributed by atoms with Crippen molar-refractivity contribution in [3.63, 3.8) is 0 Å². The van der Waals surface area contributed by atoms with E-state index in [1.54, 1.807) is 11.3 Å². The average molecular weight is 298 g/mol. The highest BCUT2D eigenvalue weighted by atomic mass is 32.1. The van der Waals surface area contributed by atoms with Crippen molar-refractivity contribution in [1.82, 2.24) is 10.3 Å². The maximum absolute atomic E-state index is 12.3. The summed E-state index contributed by atoms with van der Waals surface area (Å²) in [7, 11) is 0. The number of carbonyl (C=O) groups is 1. The Morgan fingerprint density at radius 3 is 2.71 bits per heavy atom. The van der Waals surface area contributed by atoms with Gasteiger partial charge in [-0.2, -0.15) is 0 Å². The molecule has 0 unspecified atom stereocenters. The number of thiophene rings is 1. The smallest absolute Gasteiger partial charge is 0.251 e. The zero-order valence-corrected chi connectivity index (χ0v) is 13.2. The Morgan fingerprint density at radius 1 is 1.19 bits per heavy atom. The van der Waals surface area contributed by atoms with Crippen LogP contribution in [-0.2, 0) is 6.54 Å². The molecule has 3 rings (SSSR count). The first-order valence-corrected chi connectivity index (χ1v) is 7.78. The van der Waals surface area contributed by atoms with E-state index in [2.05, 4.69) is 36.3 Å². The van der Waals surface area contributed by atoms with E-state index < -0.39 is 0 Å².